The Bertz CT molecular complexity index is 665. The standard InChI is InChI=1S/C11H10Cl2FNO4S/c12-7-1-2-8(9(13)10(7)14)20(18,19)15-4-3-6(5-15)11(16)17/h1-2,6H,3-5H2,(H,16,17). The maximum Gasteiger partial charge on any atom is 0.307 e. The highest BCUT2D eigenvalue weighted by Gasteiger charge is 2.37. The van der Waals surface area contributed by atoms with Crippen molar-refractivity contribution in [3.63, 3.8) is 0 Å². The topological polar surface area (TPSA) is 74.7 Å². The Labute approximate surface area is 124 Å². The molecule has 1 atom stereocenters. The van der Waals surface area contributed by atoms with E-state index < -0.39 is 37.6 Å². The van der Waals surface area contributed by atoms with Gasteiger partial charge in [-0.25, -0.2) is 12.8 Å². The lowest BCUT2D eigenvalue weighted by molar-refractivity contribution is -0.141. The van der Waals surface area contributed by atoms with Crippen LogP contribution in [0, 0.1) is 11.7 Å². The van der Waals surface area contributed by atoms with Crippen molar-refractivity contribution in [2.75, 3.05) is 13.1 Å². The first-order chi connectivity index (χ1) is 9.25. The lowest BCUT2D eigenvalue weighted by atomic mass is 10.1. The Morgan fingerprint density at radius 1 is 1.40 bits per heavy atom. The lowest BCUT2D eigenvalue weighted by Gasteiger charge is -2.17. The second kappa shape index (κ2) is 5.48. The number of nitrogens with zero attached hydrogens (tertiary/aromatic N) is 1. The zero-order valence-electron chi connectivity index (χ0n) is 10.0. The molecule has 1 saturated heterocycles. The Kier molecular flexibility index (Phi) is 4.24. The third-order valence-electron chi connectivity index (χ3n) is 3.12. The molecule has 1 heterocycles. The molecular weight excluding hydrogens is 332 g/mol. The van der Waals surface area contributed by atoms with Gasteiger partial charge >= 0.3 is 5.97 Å². The highest BCUT2D eigenvalue weighted by molar-refractivity contribution is 7.89. The lowest BCUT2D eigenvalue weighted by Crippen LogP contribution is -2.30. The van der Waals surface area contributed by atoms with E-state index in [0.717, 1.165) is 16.4 Å². The van der Waals surface area contributed by atoms with Gasteiger partial charge in [0.1, 0.15) is 4.90 Å². The predicted molar refractivity (Wildman–Crippen MR) is 70.9 cm³/mol. The maximum atomic E-state index is 13.6. The second-order valence-corrected chi connectivity index (χ2v) is 7.05. The Balaban J connectivity index is 2.38. The normalized spacial score (nSPS) is 20.2. The average Bonchev–Trinajstić information content (AvgIpc) is 2.86. The first-order valence-electron chi connectivity index (χ1n) is 5.61. The summed E-state index contributed by atoms with van der Waals surface area (Å²) in [6.07, 6.45) is 0.211. The number of hydrogen-bond donors (Lipinski definition) is 1. The van der Waals surface area contributed by atoms with E-state index in [4.69, 9.17) is 28.3 Å². The molecule has 0 aliphatic carbocycles. The van der Waals surface area contributed by atoms with Gasteiger partial charge in [0.15, 0.2) is 5.82 Å². The summed E-state index contributed by atoms with van der Waals surface area (Å²) >= 11 is 11.2. The summed E-state index contributed by atoms with van der Waals surface area (Å²) in [5, 5.41) is 8.01. The molecule has 0 radical (unpaired) electrons. The molecular formula is C11H10Cl2FNO4S. The van der Waals surface area contributed by atoms with Crippen molar-refractivity contribution in [3.8, 4) is 0 Å². The van der Waals surface area contributed by atoms with Crippen LogP contribution in [0.3, 0.4) is 0 Å². The van der Waals surface area contributed by atoms with Crippen molar-refractivity contribution in [2.45, 2.75) is 11.3 Å². The first-order valence-corrected chi connectivity index (χ1v) is 7.81. The van der Waals surface area contributed by atoms with Gasteiger partial charge in [-0.15, -0.1) is 0 Å². The fourth-order valence-corrected chi connectivity index (χ4v) is 4.21. The van der Waals surface area contributed by atoms with Crippen molar-refractivity contribution in [1.82, 2.24) is 4.31 Å². The van der Waals surface area contributed by atoms with Gasteiger partial charge in [-0.05, 0) is 18.6 Å². The first kappa shape index (κ1) is 15.5. The van der Waals surface area contributed by atoms with Gasteiger partial charge in [0.05, 0.1) is 16.0 Å². The van der Waals surface area contributed by atoms with Crippen molar-refractivity contribution in [2.24, 2.45) is 5.92 Å². The van der Waals surface area contributed by atoms with Crippen LogP contribution >= 0.6 is 23.2 Å². The van der Waals surface area contributed by atoms with Crippen molar-refractivity contribution in [1.29, 1.82) is 0 Å². The monoisotopic (exact) mass is 341 g/mol. The van der Waals surface area contributed by atoms with Gasteiger partial charge in [-0.1, -0.05) is 23.2 Å². The van der Waals surface area contributed by atoms with E-state index in [0.29, 0.717) is 0 Å². The summed E-state index contributed by atoms with van der Waals surface area (Å²) in [5.41, 5.74) is 0. The van der Waals surface area contributed by atoms with Crippen molar-refractivity contribution >= 4 is 39.2 Å². The fraction of sp³-hybridized carbons (Fsp3) is 0.364. The van der Waals surface area contributed by atoms with E-state index in [1.807, 2.05) is 0 Å². The number of carboxylic acids is 1. The largest absolute Gasteiger partial charge is 0.481 e. The van der Waals surface area contributed by atoms with E-state index in [2.05, 4.69) is 0 Å². The van der Waals surface area contributed by atoms with Crippen LogP contribution in [0.4, 0.5) is 4.39 Å². The van der Waals surface area contributed by atoms with Gasteiger partial charge in [-0.3, -0.25) is 4.79 Å². The smallest absolute Gasteiger partial charge is 0.307 e. The number of hydrogen-bond acceptors (Lipinski definition) is 3. The molecule has 1 aromatic rings. The third-order valence-corrected chi connectivity index (χ3v) is 5.80. The number of halogens is 3. The van der Waals surface area contributed by atoms with Crippen LogP contribution in [0.1, 0.15) is 6.42 Å². The molecule has 0 spiro atoms. The molecule has 5 nitrogen and oxygen atoms in total. The zero-order valence-corrected chi connectivity index (χ0v) is 12.3. The molecule has 9 heteroatoms. The van der Waals surface area contributed by atoms with Crippen LogP contribution < -0.4 is 0 Å². The number of carbonyl (C=O) groups is 1. The summed E-state index contributed by atoms with van der Waals surface area (Å²) < 4.78 is 39.2. The number of benzene rings is 1. The molecule has 1 aliphatic heterocycles. The van der Waals surface area contributed by atoms with Crippen molar-refractivity contribution < 1.29 is 22.7 Å². The quantitative estimate of drug-likeness (QED) is 0.855. The Hall–Kier alpha value is -0.890. The predicted octanol–water partition coefficient (Wildman–Crippen LogP) is 2.23. The van der Waals surface area contributed by atoms with Gasteiger partial charge in [0, 0.05) is 13.1 Å². The number of aliphatic carboxylic acids is 1. The minimum Gasteiger partial charge on any atom is -0.481 e. The SMILES string of the molecule is O=C(O)C1CCN(S(=O)(=O)c2ccc(Cl)c(F)c2Cl)C1. The van der Waals surface area contributed by atoms with Gasteiger partial charge in [0.2, 0.25) is 10.0 Å². The summed E-state index contributed by atoms with van der Waals surface area (Å²) in [5.74, 6) is -2.83. The van der Waals surface area contributed by atoms with E-state index in [9.17, 15) is 17.6 Å². The molecule has 1 unspecified atom stereocenters. The summed E-state index contributed by atoms with van der Waals surface area (Å²) in [7, 11) is -4.04. The number of sulfonamides is 1. The van der Waals surface area contributed by atoms with E-state index in [-0.39, 0.29) is 24.5 Å². The molecule has 1 N–H and O–H groups in total. The number of rotatable bonds is 3. The minimum absolute atomic E-state index is 0.0554. The maximum absolute atomic E-state index is 13.6. The summed E-state index contributed by atoms with van der Waals surface area (Å²) in [6.45, 7) is -0.0991. The Morgan fingerprint density at radius 3 is 2.60 bits per heavy atom. The summed E-state index contributed by atoms with van der Waals surface area (Å²) in [4.78, 5) is 10.4. The molecule has 20 heavy (non-hydrogen) atoms. The molecule has 1 aromatic carbocycles. The molecule has 1 aliphatic rings. The highest BCUT2D eigenvalue weighted by Crippen LogP contribution is 2.33. The molecule has 2 rings (SSSR count). The van der Waals surface area contributed by atoms with Crippen molar-refractivity contribution in [3.05, 3.63) is 28.0 Å². The van der Waals surface area contributed by atoms with Crippen LogP contribution in [0.2, 0.25) is 10.0 Å². The fourth-order valence-electron chi connectivity index (χ4n) is 1.99. The Morgan fingerprint density at radius 2 is 2.05 bits per heavy atom. The second-order valence-electron chi connectivity index (χ2n) is 4.36. The molecule has 1 fully saturated rings. The van der Waals surface area contributed by atoms with Crippen LogP contribution in [0.15, 0.2) is 17.0 Å². The van der Waals surface area contributed by atoms with Crippen LogP contribution in [0.25, 0.3) is 0 Å². The molecule has 0 aromatic heterocycles. The van der Waals surface area contributed by atoms with Gasteiger partial charge < -0.3 is 5.11 Å². The van der Waals surface area contributed by atoms with Crippen LogP contribution in [-0.4, -0.2) is 36.9 Å². The average molecular weight is 342 g/mol. The van der Waals surface area contributed by atoms with E-state index >= 15 is 0 Å². The third kappa shape index (κ3) is 2.63. The van der Waals surface area contributed by atoms with Gasteiger partial charge in [0.25, 0.3) is 0 Å². The highest BCUT2D eigenvalue weighted by atomic mass is 35.5. The summed E-state index contributed by atoms with van der Waals surface area (Å²) in [6, 6.07) is 2.21. The zero-order chi connectivity index (χ0) is 15.1. The van der Waals surface area contributed by atoms with Gasteiger partial charge in [-0.2, -0.15) is 4.31 Å². The minimum atomic E-state index is -4.04. The molecule has 0 bridgehead atoms. The van der Waals surface area contributed by atoms with Crippen LogP contribution in [-0.2, 0) is 14.8 Å². The van der Waals surface area contributed by atoms with E-state index in [1.54, 1.807) is 0 Å². The molecule has 0 amide bonds. The number of carboxylic acid groups (broad SMARTS) is 1. The molecule has 0 saturated carbocycles. The molecule has 110 valence electrons. The van der Waals surface area contributed by atoms with Crippen LogP contribution in [0.5, 0.6) is 0 Å². The van der Waals surface area contributed by atoms with E-state index in [1.165, 1.54) is 0 Å².